The summed E-state index contributed by atoms with van der Waals surface area (Å²) in [6, 6.07) is 3.55. The molecular weight excluding hydrogens is 288 g/mol. The van der Waals surface area contributed by atoms with Crippen LogP contribution in [0.15, 0.2) is 18.2 Å². The van der Waals surface area contributed by atoms with Gasteiger partial charge in [0.2, 0.25) is 0 Å². The number of anilines is 1. The summed E-state index contributed by atoms with van der Waals surface area (Å²) < 4.78 is 4.99. The number of ether oxygens (including phenoxy) is 1. The van der Waals surface area contributed by atoms with Crippen LogP contribution in [0.25, 0.3) is 0 Å². The number of rotatable bonds is 3. The first kappa shape index (κ1) is 15.9. The lowest BCUT2D eigenvalue weighted by atomic mass is 9.97. The van der Waals surface area contributed by atoms with Gasteiger partial charge in [-0.3, -0.25) is 4.79 Å². The molecular formula is C15H20N2O5. The lowest BCUT2D eigenvalue weighted by Gasteiger charge is -2.30. The monoisotopic (exact) mass is 308 g/mol. The molecule has 1 heterocycles. The van der Waals surface area contributed by atoms with Gasteiger partial charge in [-0.05, 0) is 19.8 Å². The summed E-state index contributed by atoms with van der Waals surface area (Å²) in [5, 5.41) is 21.4. The summed E-state index contributed by atoms with van der Waals surface area (Å²) in [5.74, 6) is -0.623. The fourth-order valence-corrected chi connectivity index (χ4v) is 2.45. The minimum atomic E-state index is -0.327. The summed E-state index contributed by atoms with van der Waals surface area (Å²) in [5.41, 5.74) is 0.315. The van der Waals surface area contributed by atoms with Crippen molar-refractivity contribution in [3.05, 3.63) is 18.2 Å². The van der Waals surface area contributed by atoms with Crippen molar-refractivity contribution in [3.63, 3.8) is 0 Å². The normalized spacial score (nSPS) is 15.4. The minimum Gasteiger partial charge on any atom is -0.508 e. The molecule has 7 heteroatoms. The van der Waals surface area contributed by atoms with E-state index in [4.69, 9.17) is 4.74 Å². The van der Waals surface area contributed by atoms with Crippen molar-refractivity contribution >= 4 is 17.7 Å². The number of amides is 2. The third kappa shape index (κ3) is 4.03. The molecule has 3 N–H and O–H groups in total. The third-order valence-corrected chi connectivity index (χ3v) is 3.56. The van der Waals surface area contributed by atoms with Gasteiger partial charge >= 0.3 is 12.0 Å². The number of hydrogen-bond donors (Lipinski definition) is 3. The standard InChI is InChI=1S/C15H20N2O5/c1-2-22-14(20)10-3-5-17(6-4-10)15(21)16-11-7-12(18)9-13(19)8-11/h7-10,18-19H,2-6H2,1H3,(H,16,21). The molecule has 0 bridgehead atoms. The number of nitrogens with one attached hydrogen (secondary N) is 1. The number of aromatic hydroxyl groups is 2. The second-order valence-corrected chi connectivity index (χ2v) is 5.18. The van der Waals surface area contributed by atoms with E-state index >= 15 is 0 Å². The highest BCUT2D eigenvalue weighted by Gasteiger charge is 2.28. The van der Waals surface area contributed by atoms with E-state index < -0.39 is 0 Å². The zero-order valence-electron chi connectivity index (χ0n) is 12.4. The minimum absolute atomic E-state index is 0.128. The first-order valence-electron chi connectivity index (χ1n) is 7.25. The van der Waals surface area contributed by atoms with E-state index in [1.807, 2.05) is 0 Å². The van der Waals surface area contributed by atoms with Gasteiger partial charge in [0.25, 0.3) is 0 Å². The molecule has 0 atom stereocenters. The molecule has 0 spiro atoms. The highest BCUT2D eigenvalue weighted by Crippen LogP contribution is 2.25. The average molecular weight is 308 g/mol. The van der Waals surface area contributed by atoms with Gasteiger partial charge < -0.3 is 25.2 Å². The van der Waals surface area contributed by atoms with Crippen LogP contribution in [0.5, 0.6) is 11.5 Å². The Bertz CT molecular complexity index is 533. The molecule has 0 saturated carbocycles. The molecule has 0 unspecified atom stereocenters. The molecule has 22 heavy (non-hydrogen) atoms. The topological polar surface area (TPSA) is 99.1 Å². The number of benzene rings is 1. The fraction of sp³-hybridized carbons (Fsp3) is 0.467. The Hall–Kier alpha value is -2.44. The van der Waals surface area contributed by atoms with Crippen LogP contribution in [-0.2, 0) is 9.53 Å². The summed E-state index contributed by atoms with van der Waals surface area (Å²) in [7, 11) is 0. The molecule has 1 fully saturated rings. The van der Waals surface area contributed by atoms with Gasteiger partial charge in [0.1, 0.15) is 11.5 Å². The Morgan fingerprint density at radius 2 is 1.82 bits per heavy atom. The van der Waals surface area contributed by atoms with Gasteiger partial charge in [-0.1, -0.05) is 0 Å². The predicted molar refractivity (Wildman–Crippen MR) is 79.7 cm³/mol. The maximum atomic E-state index is 12.1. The van der Waals surface area contributed by atoms with Crippen LogP contribution in [0.1, 0.15) is 19.8 Å². The van der Waals surface area contributed by atoms with Crippen molar-refractivity contribution in [1.29, 1.82) is 0 Å². The van der Waals surface area contributed by atoms with Crippen LogP contribution in [0.3, 0.4) is 0 Å². The quantitative estimate of drug-likeness (QED) is 0.741. The molecule has 0 aromatic heterocycles. The zero-order valence-corrected chi connectivity index (χ0v) is 12.4. The fourth-order valence-electron chi connectivity index (χ4n) is 2.45. The van der Waals surface area contributed by atoms with Crippen LogP contribution in [0.4, 0.5) is 10.5 Å². The molecule has 7 nitrogen and oxygen atoms in total. The van der Waals surface area contributed by atoms with Crippen molar-refractivity contribution < 1.29 is 24.5 Å². The number of phenols is 2. The number of nitrogens with zero attached hydrogens (tertiary/aromatic N) is 1. The highest BCUT2D eigenvalue weighted by molar-refractivity contribution is 5.90. The summed E-state index contributed by atoms with van der Waals surface area (Å²) >= 11 is 0. The van der Waals surface area contributed by atoms with E-state index in [2.05, 4.69) is 5.32 Å². The van der Waals surface area contributed by atoms with Crippen LogP contribution >= 0.6 is 0 Å². The Kier molecular flexibility index (Phi) is 5.08. The maximum absolute atomic E-state index is 12.1. The number of carbonyl (C=O) groups is 2. The van der Waals surface area contributed by atoms with Crippen molar-refractivity contribution in [3.8, 4) is 11.5 Å². The lowest BCUT2D eigenvalue weighted by molar-refractivity contribution is -0.149. The van der Waals surface area contributed by atoms with Crippen LogP contribution in [-0.4, -0.2) is 46.8 Å². The van der Waals surface area contributed by atoms with Gasteiger partial charge in [0.15, 0.2) is 0 Å². The summed E-state index contributed by atoms with van der Waals surface area (Å²) in [4.78, 5) is 25.4. The molecule has 1 saturated heterocycles. The molecule has 0 radical (unpaired) electrons. The largest absolute Gasteiger partial charge is 0.508 e. The third-order valence-electron chi connectivity index (χ3n) is 3.56. The molecule has 1 aliphatic heterocycles. The number of esters is 1. The number of piperidine rings is 1. The van der Waals surface area contributed by atoms with Gasteiger partial charge in [0, 0.05) is 37.0 Å². The second-order valence-electron chi connectivity index (χ2n) is 5.18. The molecule has 1 aromatic carbocycles. The summed E-state index contributed by atoms with van der Waals surface area (Å²) in [6.07, 6.45) is 1.13. The number of carbonyl (C=O) groups excluding carboxylic acids is 2. The summed E-state index contributed by atoms with van der Waals surface area (Å²) in [6.45, 7) is 3.05. The van der Waals surface area contributed by atoms with Gasteiger partial charge in [0.05, 0.1) is 12.5 Å². The number of likely N-dealkylation sites (tertiary alicyclic amines) is 1. The molecule has 2 amide bonds. The molecule has 1 aromatic rings. The SMILES string of the molecule is CCOC(=O)C1CCN(C(=O)Nc2cc(O)cc(O)c2)CC1. The first-order valence-corrected chi connectivity index (χ1v) is 7.25. The highest BCUT2D eigenvalue weighted by atomic mass is 16.5. The van der Waals surface area contributed by atoms with Gasteiger partial charge in [-0.15, -0.1) is 0 Å². The molecule has 1 aliphatic rings. The van der Waals surface area contributed by atoms with Crippen molar-refractivity contribution in [2.24, 2.45) is 5.92 Å². The van der Waals surface area contributed by atoms with Crippen LogP contribution in [0, 0.1) is 5.92 Å². The smallest absolute Gasteiger partial charge is 0.321 e. The average Bonchev–Trinajstić information content (AvgIpc) is 2.46. The first-order chi connectivity index (χ1) is 10.5. The lowest BCUT2D eigenvalue weighted by Crippen LogP contribution is -2.42. The predicted octanol–water partition coefficient (Wildman–Crippen LogP) is 1.90. The number of phenolic OH excluding ortho intramolecular Hbond substituents is 2. The van der Waals surface area contributed by atoms with Crippen molar-refractivity contribution in [1.82, 2.24) is 4.90 Å². The molecule has 0 aliphatic carbocycles. The van der Waals surface area contributed by atoms with Crippen molar-refractivity contribution in [2.75, 3.05) is 25.0 Å². The number of hydrogen-bond acceptors (Lipinski definition) is 5. The van der Waals surface area contributed by atoms with E-state index in [9.17, 15) is 19.8 Å². The number of urea groups is 1. The van der Waals surface area contributed by atoms with E-state index in [1.165, 1.54) is 18.2 Å². The Morgan fingerprint density at radius 3 is 2.36 bits per heavy atom. The van der Waals surface area contributed by atoms with Gasteiger partial charge in [-0.2, -0.15) is 0 Å². The maximum Gasteiger partial charge on any atom is 0.321 e. The Morgan fingerprint density at radius 1 is 1.23 bits per heavy atom. The van der Waals surface area contributed by atoms with E-state index in [-0.39, 0.29) is 29.4 Å². The van der Waals surface area contributed by atoms with Crippen LogP contribution < -0.4 is 5.32 Å². The van der Waals surface area contributed by atoms with E-state index in [0.717, 1.165) is 0 Å². The van der Waals surface area contributed by atoms with Crippen LogP contribution in [0.2, 0.25) is 0 Å². The molecule has 2 rings (SSSR count). The molecule has 120 valence electrons. The second kappa shape index (κ2) is 7.02. The Balaban J connectivity index is 1.88. The van der Waals surface area contributed by atoms with E-state index in [1.54, 1.807) is 11.8 Å². The Labute approximate surface area is 128 Å². The van der Waals surface area contributed by atoms with E-state index in [0.29, 0.717) is 38.2 Å². The van der Waals surface area contributed by atoms with Gasteiger partial charge in [-0.25, -0.2) is 4.79 Å². The van der Waals surface area contributed by atoms with Crippen molar-refractivity contribution in [2.45, 2.75) is 19.8 Å². The zero-order chi connectivity index (χ0) is 16.1.